The van der Waals surface area contributed by atoms with E-state index in [0.29, 0.717) is 0 Å². The maximum absolute atomic E-state index is 10.3. The molecular weight excluding hydrogens is 231 g/mol. The van der Waals surface area contributed by atoms with E-state index < -0.39 is 38.8 Å². The second kappa shape index (κ2) is 4.86. The number of phosphoric ester groups is 1. The summed E-state index contributed by atoms with van der Waals surface area (Å²) in [6.07, 6.45) is -4.98. The van der Waals surface area contributed by atoms with Gasteiger partial charge in [0.2, 0.25) is 0 Å². The first-order valence-electron chi connectivity index (χ1n) is 4.17. The molecule has 5 N–H and O–H groups in total. The molecule has 0 aliphatic carbocycles. The third kappa shape index (κ3) is 4.54. The molecule has 0 spiro atoms. The van der Waals surface area contributed by atoms with Crippen LogP contribution in [-0.4, -0.2) is 62.7 Å². The van der Waals surface area contributed by atoms with Gasteiger partial charge in [-0.3, -0.25) is 4.52 Å². The number of epoxide rings is 1. The van der Waals surface area contributed by atoms with Crippen LogP contribution in [0.25, 0.3) is 0 Å². The molecule has 1 aliphatic heterocycles. The quantitative estimate of drug-likeness (QED) is 0.257. The van der Waals surface area contributed by atoms with Crippen LogP contribution in [0.1, 0.15) is 0 Å². The van der Waals surface area contributed by atoms with Crippen molar-refractivity contribution in [3.05, 3.63) is 0 Å². The Morgan fingerprint density at radius 1 is 1.40 bits per heavy atom. The minimum Gasteiger partial charge on any atom is -0.388 e. The van der Waals surface area contributed by atoms with Crippen LogP contribution in [-0.2, 0) is 13.8 Å². The van der Waals surface area contributed by atoms with Crippen LogP contribution in [0.4, 0.5) is 0 Å². The largest absolute Gasteiger partial charge is 0.469 e. The van der Waals surface area contributed by atoms with Crippen molar-refractivity contribution < 1.29 is 38.9 Å². The molecule has 9 heteroatoms. The number of phosphoric acid groups is 1. The Balaban J connectivity index is 2.31. The second-order valence-corrected chi connectivity index (χ2v) is 4.45. The second-order valence-electron chi connectivity index (χ2n) is 3.21. The summed E-state index contributed by atoms with van der Waals surface area (Å²) >= 11 is 0. The summed E-state index contributed by atoms with van der Waals surface area (Å²) in [5.41, 5.74) is 0. The van der Waals surface area contributed by atoms with Crippen molar-refractivity contribution in [3.63, 3.8) is 0 Å². The van der Waals surface area contributed by atoms with Gasteiger partial charge in [-0.25, -0.2) is 4.57 Å². The SMILES string of the molecule is O=P(O)(O)OC[C@@H](O)[C@@H](O)[C@H](O)C1CO1. The van der Waals surface area contributed by atoms with Gasteiger partial charge in [0.05, 0.1) is 13.2 Å². The molecule has 90 valence electrons. The van der Waals surface area contributed by atoms with Gasteiger partial charge in [-0.05, 0) is 0 Å². The summed E-state index contributed by atoms with van der Waals surface area (Å²) in [4.78, 5) is 16.6. The standard InChI is InChI=1S/C6H13O8P/c7-3(1-14-15(10,11)12)5(8)6(9)4-2-13-4/h3-9H,1-2H2,(H2,10,11,12)/t3-,4?,5-,6-/m1/s1. The summed E-state index contributed by atoms with van der Waals surface area (Å²) in [6, 6.07) is 0. The molecule has 0 amide bonds. The summed E-state index contributed by atoms with van der Waals surface area (Å²) < 4.78 is 18.9. The Morgan fingerprint density at radius 2 is 1.93 bits per heavy atom. The Hall–Kier alpha value is -0.0500. The highest BCUT2D eigenvalue weighted by atomic mass is 31.2. The Bertz CT molecular complexity index is 248. The minimum atomic E-state index is -4.68. The Kier molecular flexibility index (Phi) is 4.21. The molecule has 1 unspecified atom stereocenters. The topological polar surface area (TPSA) is 140 Å². The highest BCUT2D eigenvalue weighted by molar-refractivity contribution is 7.46. The number of hydrogen-bond acceptors (Lipinski definition) is 6. The van der Waals surface area contributed by atoms with Gasteiger partial charge < -0.3 is 29.8 Å². The van der Waals surface area contributed by atoms with E-state index in [9.17, 15) is 19.9 Å². The third-order valence-corrected chi connectivity index (χ3v) is 2.38. The Morgan fingerprint density at radius 3 is 2.33 bits per heavy atom. The molecule has 0 aromatic rings. The fraction of sp³-hybridized carbons (Fsp3) is 1.00. The molecule has 0 aromatic heterocycles. The lowest BCUT2D eigenvalue weighted by molar-refractivity contribution is -0.0821. The number of ether oxygens (including phenoxy) is 1. The molecule has 8 nitrogen and oxygen atoms in total. The van der Waals surface area contributed by atoms with E-state index in [1.807, 2.05) is 0 Å². The summed E-state index contributed by atoms with van der Waals surface area (Å²) in [6.45, 7) is -0.487. The molecule has 0 radical (unpaired) electrons. The molecule has 1 saturated heterocycles. The van der Waals surface area contributed by atoms with Crippen molar-refractivity contribution in [2.75, 3.05) is 13.2 Å². The smallest absolute Gasteiger partial charge is 0.388 e. The van der Waals surface area contributed by atoms with Crippen LogP contribution in [0.15, 0.2) is 0 Å². The van der Waals surface area contributed by atoms with Gasteiger partial charge >= 0.3 is 7.82 Å². The van der Waals surface area contributed by atoms with Crippen LogP contribution in [0.5, 0.6) is 0 Å². The van der Waals surface area contributed by atoms with Crippen LogP contribution in [0.2, 0.25) is 0 Å². The van der Waals surface area contributed by atoms with Crippen LogP contribution >= 0.6 is 7.82 Å². The molecule has 15 heavy (non-hydrogen) atoms. The predicted octanol–water partition coefficient (Wildman–Crippen LogP) is -2.42. The van der Waals surface area contributed by atoms with E-state index in [-0.39, 0.29) is 6.61 Å². The summed E-state index contributed by atoms with van der Waals surface area (Å²) in [7, 11) is -4.68. The van der Waals surface area contributed by atoms with Crippen molar-refractivity contribution in [1.82, 2.24) is 0 Å². The first-order chi connectivity index (χ1) is 6.81. The van der Waals surface area contributed by atoms with Gasteiger partial charge in [0.1, 0.15) is 24.4 Å². The molecule has 1 fully saturated rings. The lowest BCUT2D eigenvalue weighted by atomic mass is 10.1. The van der Waals surface area contributed by atoms with Crippen molar-refractivity contribution in [3.8, 4) is 0 Å². The highest BCUT2D eigenvalue weighted by Crippen LogP contribution is 2.36. The summed E-state index contributed by atoms with van der Waals surface area (Å²) in [5, 5.41) is 27.7. The zero-order valence-electron chi connectivity index (χ0n) is 7.63. The average molecular weight is 244 g/mol. The lowest BCUT2D eigenvalue weighted by Gasteiger charge is -2.21. The number of aliphatic hydroxyl groups excluding tert-OH is 3. The maximum Gasteiger partial charge on any atom is 0.469 e. The zero-order valence-corrected chi connectivity index (χ0v) is 8.53. The lowest BCUT2D eigenvalue weighted by Crippen LogP contribution is -2.42. The van der Waals surface area contributed by atoms with E-state index >= 15 is 0 Å². The van der Waals surface area contributed by atoms with Gasteiger partial charge in [0.15, 0.2) is 0 Å². The van der Waals surface area contributed by atoms with E-state index in [1.165, 1.54) is 0 Å². The Labute approximate surface area is 85.3 Å². The maximum atomic E-state index is 10.3. The number of aliphatic hydroxyl groups is 3. The van der Waals surface area contributed by atoms with Gasteiger partial charge in [-0.1, -0.05) is 0 Å². The van der Waals surface area contributed by atoms with Crippen LogP contribution in [0.3, 0.4) is 0 Å². The van der Waals surface area contributed by atoms with Crippen molar-refractivity contribution in [1.29, 1.82) is 0 Å². The zero-order chi connectivity index (χ0) is 11.6. The normalized spacial score (nSPS) is 27.1. The number of rotatable bonds is 6. The third-order valence-electron chi connectivity index (χ3n) is 1.90. The molecule has 1 rings (SSSR count). The molecule has 0 aromatic carbocycles. The molecule has 1 heterocycles. The van der Waals surface area contributed by atoms with Crippen LogP contribution < -0.4 is 0 Å². The first-order valence-corrected chi connectivity index (χ1v) is 5.70. The average Bonchev–Trinajstić information content (AvgIpc) is 2.93. The molecule has 0 bridgehead atoms. The van der Waals surface area contributed by atoms with Gasteiger partial charge in [-0.2, -0.15) is 0 Å². The van der Waals surface area contributed by atoms with E-state index in [4.69, 9.17) is 9.79 Å². The van der Waals surface area contributed by atoms with Gasteiger partial charge in [0, 0.05) is 0 Å². The minimum absolute atomic E-state index is 0.282. The fourth-order valence-electron chi connectivity index (χ4n) is 0.972. The predicted molar refractivity (Wildman–Crippen MR) is 45.8 cm³/mol. The van der Waals surface area contributed by atoms with E-state index in [1.54, 1.807) is 0 Å². The monoisotopic (exact) mass is 244 g/mol. The van der Waals surface area contributed by atoms with E-state index in [0.717, 1.165) is 0 Å². The number of hydrogen-bond donors (Lipinski definition) is 5. The molecular formula is C6H13O8P. The molecule has 1 aliphatic rings. The van der Waals surface area contributed by atoms with Gasteiger partial charge in [0.25, 0.3) is 0 Å². The highest BCUT2D eigenvalue weighted by Gasteiger charge is 2.39. The summed E-state index contributed by atoms with van der Waals surface area (Å²) in [5.74, 6) is 0. The van der Waals surface area contributed by atoms with Crippen molar-refractivity contribution in [2.45, 2.75) is 24.4 Å². The van der Waals surface area contributed by atoms with Crippen molar-refractivity contribution in [2.24, 2.45) is 0 Å². The molecule has 4 atom stereocenters. The van der Waals surface area contributed by atoms with E-state index in [2.05, 4.69) is 9.26 Å². The van der Waals surface area contributed by atoms with Gasteiger partial charge in [-0.15, -0.1) is 0 Å². The van der Waals surface area contributed by atoms with Crippen molar-refractivity contribution >= 4 is 7.82 Å². The first kappa shape index (κ1) is 13.0. The molecule has 0 saturated carbocycles. The fourth-order valence-corrected chi connectivity index (χ4v) is 1.32. The van der Waals surface area contributed by atoms with Crippen LogP contribution in [0, 0.1) is 0 Å².